The summed E-state index contributed by atoms with van der Waals surface area (Å²) >= 11 is 0. The minimum absolute atomic E-state index is 0.0869. The number of hydrogen-bond acceptors (Lipinski definition) is 5. The van der Waals surface area contributed by atoms with Crippen molar-refractivity contribution in [2.24, 2.45) is 13.0 Å². The van der Waals surface area contributed by atoms with Crippen LogP contribution in [0.5, 0.6) is 0 Å². The minimum Gasteiger partial charge on any atom is -0.347 e. The highest BCUT2D eigenvalue weighted by Gasteiger charge is 2.24. The largest absolute Gasteiger partial charge is 0.347 e. The summed E-state index contributed by atoms with van der Waals surface area (Å²) in [4.78, 5) is 26.0. The number of nitrogens with zero attached hydrogens (tertiary/aromatic N) is 6. The molecule has 31 heavy (non-hydrogen) atoms. The van der Waals surface area contributed by atoms with Crippen molar-refractivity contribution in [2.75, 3.05) is 0 Å². The van der Waals surface area contributed by atoms with Crippen LogP contribution in [0.1, 0.15) is 28.9 Å². The average Bonchev–Trinajstić information content (AvgIpc) is 3.35. The van der Waals surface area contributed by atoms with Gasteiger partial charge in [0.05, 0.1) is 0 Å². The molecule has 1 N–H and O–H groups in total. The second-order valence-electron chi connectivity index (χ2n) is 7.88. The molecule has 0 aromatic carbocycles. The lowest BCUT2D eigenvalue weighted by molar-refractivity contribution is 0.0941. The smallest absolute Gasteiger partial charge is 0.268 e. The number of aryl methyl sites for hydroxylation is 1. The van der Waals surface area contributed by atoms with Crippen LogP contribution in [0.2, 0.25) is 0 Å². The standard InChI is InChI=1S/C23H23N7O/c1-29-20(6-9-28-29)22-25-12-19(13-26-22)18-10-21(30(15-18)14-17-2-3-17)23(31)27-11-16-4-7-24-8-5-16/h4-10,12-13,15,17H,2-3,11,14H2,1H3,(H,27,31). The number of pyridine rings is 1. The third-order valence-electron chi connectivity index (χ3n) is 5.52. The van der Waals surface area contributed by atoms with Gasteiger partial charge in [-0.15, -0.1) is 0 Å². The highest BCUT2D eigenvalue weighted by molar-refractivity contribution is 5.94. The minimum atomic E-state index is -0.0869. The lowest BCUT2D eigenvalue weighted by Gasteiger charge is -2.09. The normalized spacial score (nSPS) is 13.3. The first-order valence-electron chi connectivity index (χ1n) is 10.4. The number of amides is 1. The predicted molar refractivity (Wildman–Crippen MR) is 116 cm³/mol. The molecule has 156 valence electrons. The molecule has 8 heteroatoms. The lowest BCUT2D eigenvalue weighted by atomic mass is 10.2. The van der Waals surface area contributed by atoms with Gasteiger partial charge in [0.15, 0.2) is 5.82 Å². The molecule has 0 bridgehead atoms. The second kappa shape index (κ2) is 8.14. The molecule has 0 spiro atoms. The van der Waals surface area contributed by atoms with Crippen LogP contribution in [0, 0.1) is 5.92 Å². The Kier molecular flexibility index (Phi) is 5.03. The number of hydrogen-bond donors (Lipinski definition) is 1. The van der Waals surface area contributed by atoms with Crippen LogP contribution in [-0.2, 0) is 20.1 Å². The molecule has 4 aromatic heterocycles. The molecule has 1 aliphatic carbocycles. The molecule has 8 nitrogen and oxygen atoms in total. The van der Waals surface area contributed by atoms with Crippen LogP contribution in [-0.4, -0.2) is 35.2 Å². The Morgan fingerprint density at radius 1 is 1.10 bits per heavy atom. The van der Waals surface area contributed by atoms with Crippen LogP contribution < -0.4 is 5.32 Å². The van der Waals surface area contributed by atoms with Crippen molar-refractivity contribution in [1.29, 1.82) is 0 Å². The summed E-state index contributed by atoms with van der Waals surface area (Å²) in [7, 11) is 1.86. The van der Waals surface area contributed by atoms with Gasteiger partial charge in [0.2, 0.25) is 0 Å². The summed E-state index contributed by atoms with van der Waals surface area (Å²) in [6.45, 7) is 1.32. The van der Waals surface area contributed by atoms with Gasteiger partial charge in [0.1, 0.15) is 11.4 Å². The van der Waals surface area contributed by atoms with Crippen molar-refractivity contribution in [1.82, 2.24) is 34.6 Å². The molecule has 4 aromatic rings. The highest BCUT2D eigenvalue weighted by atomic mass is 16.1. The van der Waals surface area contributed by atoms with E-state index in [0.29, 0.717) is 24.0 Å². The molecule has 5 rings (SSSR count). The Bertz CT molecular complexity index is 1190. The van der Waals surface area contributed by atoms with E-state index in [0.717, 1.165) is 28.9 Å². The molecule has 1 saturated carbocycles. The van der Waals surface area contributed by atoms with E-state index in [-0.39, 0.29) is 5.91 Å². The SMILES string of the molecule is Cn1nccc1-c1ncc(-c2cc(C(=O)NCc3ccncc3)n(CC3CC3)c2)cn1. The van der Waals surface area contributed by atoms with Crippen molar-refractivity contribution in [3.8, 4) is 22.6 Å². The summed E-state index contributed by atoms with van der Waals surface area (Å²) in [5, 5.41) is 7.19. The number of nitrogens with one attached hydrogen (secondary N) is 1. The van der Waals surface area contributed by atoms with Crippen molar-refractivity contribution in [3.63, 3.8) is 0 Å². The van der Waals surface area contributed by atoms with Gasteiger partial charge in [0, 0.05) is 68.4 Å². The maximum absolute atomic E-state index is 12.9. The van der Waals surface area contributed by atoms with Crippen LogP contribution in [0.25, 0.3) is 22.6 Å². The zero-order chi connectivity index (χ0) is 21.2. The van der Waals surface area contributed by atoms with Crippen LogP contribution in [0.15, 0.2) is 61.4 Å². The summed E-state index contributed by atoms with van der Waals surface area (Å²) < 4.78 is 3.80. The van der Waals surface area contributed by atoms with E-state index < -0.39 is 0 Å². The lowest BCUT2D eigenvalue weighted by Crippen LogP contribution is -2.25. The Morgan fingerprint density at radius 3 is 2.55 bits per heavy atom. The van der Waals surface area contributed by atoms with Gasteiger partial charge in [0.25, 0.3) is 5.91 Å². The molecule has 0 aliphatic heterocycles. The third kappa shape index (κ3) is 4.23. The first kappa shape index (κ1) is 19.2. The Labute approximate surface area is 180 Å². The summed E-state index contributed by atoms with van der Waals surface area (Å²) in [6.07, 6.45) is 13.2. The van der Waals surface area contributed by atoms with Gasteiger partial charge in [-0.1, -0.05) is 0 Å². The number of rotatable bonds is 7. The molecule has 0 unspecified atom stereocenters. The average molecular weight is 413 g/mol. The fraction of sp³-hybridized carbons (Fsp3) is 0.261. The van der Waals surface area contributed by atoms with Gasteiger partial charge in [-0.2, -0.15) is 5.10 Å². The quantitative estimate of drug-likeness (QED) is 0.503. The van der Waals surface area contributed by atoms with E-state index in [1.165, 1.54) is 12.8 Å². The van der Waals surface area contributed by atoms with E-state index in [4.69, 9.17) is 0 Å². The van der Waals surface area contributed by atoms with Crippen LogP contribution in [0.4, 0.5) is 0 Å². The maximum atomic E-state index is 12.9. The maximum Gasteiger partial charge on any atom is 0.268 e. The first-order chi connectivity index (χ1) is 15.2. The fourth-order valence-electron chi connectivity index (χ4n) is 3.56. The monoisotopic (exact) mass is 413 g/mol. The molecule has 0 radical (unpaired) electrons. The predicted octanol–water partition coefficient (Wildman–Crippen LogP) is 3.08. The van der Waals surface area contributed by atoms with E-state index in [2.05, 4.69) is 29.9 Å². The van der Waals surface area contributed by atoms with E-state index in [9.17, 15) is 4.79 Å². The van der Waals surface area contributed by atoms with E-state index in [1.54, 1.807) is 35.7 Å². The molecule has 1 fully saturated rings. The molecule has 4 heterocycles. The molecule has 0 saturated heterocycles. The fourth-order valence-corrected chi connectivity index (χ4v) is 3.56. The van der Waals surface area contributed by atoms with Crippen molar-refractivity contribution < 1.29 is 4.79 Å². The third-order valence-corrected chi connectivity index (χ3v) is 5.52. The van der Waals surface area contributed by atoms with Gasteiger partial charge in [-0.3, -0.25) is 14.5 Å². The Morgan fingerprint density at radius 2 is 1.87 bits per heavy atom. The Balaban J connectivity index is 1.38. The van der Waals surface area contributed by atoms with E-state index in [1.807, 2.05) is 37.5 Å². The topological polar surface area (TPSA) is 90.5 Å². The van der Waals surface area contributed by atoms with Crippen LogP contribution >= 0.6 is 0 Å². The van der Waals surface area contributed by atoms with Gasteiger partial charge in [-0.05, 0) is 48.6 Å². The molecule has 1 amide bonds. The number of carbonyl (C=O) groups is 1. The second-order valence-corrected chi connectivity index (χ2v) is 7.88. The zero-order valence-electron chi connectivity index (χ0n) is 17.3. The first-order valence-corrected chi connectivity index (χ1v) is 10.4. The summed E-state index contributed by atoms with van der Waals surface area (Å²) in [5.74, 6) is 1.18. The van der Waals surface area contributed by atoms with Crippen LogP contribution in [0.3, 0.4) is 0 Å². The van der Waals surface area contributed by atoms with Gasteiger partial charge in [-0.25, -0.2) is 9.97 Å². The van der Waals surface area contributed by atoms with E-state index >= 15 is 0 Å². The summed E-state index contributed by atoms with van der Waals surface area (Å²) in [5.41, 5.74) is 4.35. The molecular weight excluding hydrogens is 390 g/mol. The Hall–Kier alpha value is -3.81. The number of aromatic nitrogens is 6. The number of carbonyl (C=O) groups excluding carboxylic acids is 1. The van der Waals surface area contributed by atoms with Gasteiger partial charge >= 0.3 is 0 Å². The molecule has 1 aliphatic rings. The van der Waals surface area contributed by atoms with Crippen molar-refractivity contribution in [2.45, 2.75) is 25.9 Å². The summed E-state index contributed by atoms with van der Waals surface area (Å²) in [6, 6.07) is 7.60. The van der Waals surface area contributed by atoms with Gasteiger partial charge < -0.3 is 9.88 Å². The van der Waals surface area contributed by atoms with Crippen molar-refractivity contribution in [3.05, 3.63) is 72.7 Å². The van der Waals surface area contributed by atoms with Crippen molar-refractivity contribution >= 4 is 5.91 Å². The molecule has 0 atom stereocenters. The zero-order valence-corrected chi connectivity index (χ0v) is 17.3. The highest BCUT2D eigenvalue weighted by Crippen LogP contribution is 2.32. The molecular formula is C23H23N7O.